The molecule has 0 unspecified atom stereocenters. The molecule has 0 aromatic rings. The van der Waals surface area contributed by atoms with Gasteiger partial charge in [0.05, 0.1) is 0 Å². The van der Waals surface area contributed by atoms with Gasteiger partial charge in [0.25, 0.3) is 0 Å². The second-order valence-electron chi connectivity index (χ2n) is 3.27. The topological polar surface area (TPSA) is 27.6 Å². The third kappa shape index (κ3) is 2.89. The lowest BCUT2D eigenvalue weighted by Gasteiger charge is -2.28. The van der Waals surface area contributed by atoms with Gasteiger partial charge in [-0.25, -0.2) is 0 Å². The molecule has 0 aliphatic carbocycles. The molecule has 1 heterocycles. The normalized spacial score (nSPS) is 21.5. The van der Waals surface area contributed by atoms with E-state index >= 15 is 0 Å². The van der Waals surface area contributed by atoms with Gasteiger partial charge in [-0.3, -0.25) is 0 Å². The molecule has 3 heteroatoms. The van der Waals surface area contributed by atoms with E-state index in [0.29, 0.717) is 0 Å². The van der Waals surface area contributed by atoms with E-state index in [4.69, 9.17) is 0 Å². The quantitative estimate of drug-likeness (QED) is 0.475. The van der Waals surface area contributed by atoms with Crippen molar-refractivity contribution >= 4 is 6.72 Å². The van der Waals surface area contributed by atoms with Crippen LogP contribution >= 0.6 is 0 Å². The maximum absolute atomic E-state index is 3.64. The third-order valence-electron chi connectivity index (χ3n) is 2.33. The fourth-order valence-corrected chi connectivity index (χ4v) is 1.46. The van der Waals surface area contributed by atoms with Gasteiger partial charge in [-0.1, -0.05) is 0 Å². The van der Waals surface area contributed by atoms with Crippen molar-refractivity contribution in [2.24, 2.45) is 11.0 Å². The van der Waals surface area contributed by atoms with Crippen LogP contribution in [0.3, 0.4) is 0 Å². The van der Waals surface area contributed by atoms with E-state index in [9.17, 15) is 0 Å². The Balaban J connectivity index is 2.12. The minimum Gasteiger partial charge on any atom is -0.310 e. The molecule has 0 amide bonds. The molecule has 1 saturated heterocycles. The summed E-state index contributed by atoms with van der Waals surface area (Å²) in [5.41, 5.74) is 2.93. The molecule has 1 rings (SSSR count). The summed E-state index contributed by atoms with van der Waals surface area (Å²) in [6.07, 6.45) is 2.58. The van der Waals surface area contributed by atoms with Gasteiger partial charge in [0.1, 0.15) is 0 Å². The highest BCUT2D eigenvalue weighted by molar-refractivity contribution is 5.22. The molecule has 11 heavy (non-hydrogen) atoms. The van der Waals surface area contributed by atoms with E-state index in [-0.39, 0.29) is 0 Å². The molecule has 0 aromatic heterocycles. The lowest BCUT2D eigenvalue weighted by atomic mass is 9.97. The smallest absolute Gasteiger partial charge is 0.0358 e. The van der Waals surface area contributed by atoms with Crippen molar-refractivity contribution in [2.45, 2.75) is 12.8 Å². The van der Waals surface area contributed by atoms with Gasteiger partial charge in [-0.15, -0.1) is 0 Å². The highest BCUT2D eigenvalue weighted by atomic mass is 15.3. The average molecular weight is 155 g/mol. The van der Waals surface area contributed by atoms with E-state index in [1.807, 2.05) is 0 Å². The van der Waals surface area contributed by atoms with Crippen molar-refractivity contribution in [2.75, 3.05) is 26.7 Å². The Hall–Kier alpha value is -0.570. The molecule has 0 aromatic carbocycles. The van der Waals surface area contributed by atoms with E-state index < -0.39 is 0 Å². The van der Waals surface area contributed by atoms with Crippen LogP contribution < -0.4 is 5.43 Å². The number of piperidine rings is 1. The van der Waals surface area contributed by atoms with Crippen molar-refractivity contribution in [3.05, 3.63) is 0 Å². The average Bonchev–Trinajstić information content (AvgIpc) is 2.04. The summed E-state index contributed by atoms with van der Waals surface area (Å²) < 4.78 is 0. The second-order valence-corrected chi connectivity index (χ2v) is 3.27. The first-order valence-corrected chi connectivity index (χ1v) is 4.20. The molecule has 1 aliphatic rings. The predicted octanol–water partition coefficient (Wildman–Crippen LogP) is 0.533. The summed E-state index contributed by atoms with van der Waals surface area (Å²) in [5.74, 6) is 0.802. The summed E-state index contributed by atoms with van der Waals surface area (Å²) >= 11 is 0. The van der Waals surface area contributed by atoms with Crippen LogP contribution in [-0.2, 0) is 0 Å². The zero-order valence-corrected chi connectivity index (χ0v) is 7.21. The predicted molar refractivity (Wildman–Crippen MR) is 47.8 cm³/mol. The number of nitrogens with zero attached hydrogens (tertiary/aromatic N) is 2. The van der Waals surface area contributed by atoms with Crippen molar-refractivity contribution in [1.29, 1.82) is 0 Å². The van der Waals surface area contributed by atoms with Crippen LogP contribution in [-0.4, -0.2) is 38.3 Å². The van der Waals surface area contributed by atoms with Crippen molar-refractivity contribution < 1.29 is 0 Å². The third-order valence-corrected chi connectivity index (χ3v) is 2.33. The van der Waals surface area contributed by atoms with Gasteiger partial charge >= 0.3 is 0 Å². The van der Waals surface area contributed by atoms with E-state index in [2.05, 4.69) is 29.2 Å². The number of rotatable bonds is 3. The number of nitrogens with one attached hydrogen (secondary N) is 1. The van der Waals surface area contributed by atoms with Crippen molar-refractivity contribution in [3.63, 3.8) is 0 Å². The fraction of sp³-hybridized carbons (Fsp3) is 0.875. The maximum Gasteiger partial charge on any atom is 0.0358 e. The standard InChI is InChI=1S/C8H17N3/c1-9-10-7-8-3-5-11(2)6-4-8/h8,10H,1,3-7H2,2H3. The van der Waals surface area contributed by atoms with E-state index in [1.54, 1.807) is 0 Å². The summed E-state index contributed by atoms with van der Waals surface area (Å²) in [6.45, 7) is 6.84. The molecule has 0 radical (unpaired) electrons. The Kier molecular flexibility index (Phi) is 3.36. The molecule has 0 spiro atoms. The molecule has 0 atom stereocenters. The van der Waals surface area contributed by atoms with Crippen molar-refractivity contribution in [1.82, 2.24) is 10.3 Å². The Bertz CT molecular complexity index is 117. The van der Waals surface area contributed by atoms with Crippen molar-refractivity contribution in [3.8, 4) is 0 Å². The van der Waals surface area contributed by atoms with Crippen LogP contribution in [0.1, 0.15) is 12.8 Å². The molecule has 3 nitrogen and oxygen atoms in total. The van der Waals surface area contributed by atoms with E-state index in [1.165, 1.54) is 25.9 Å². The summed E-state index contributed by atoms with van der Waals surface area (Å²) in [6, 6.07) is 0. The molecular formula is C8H17N3. The first kappa shape index (κ1) is 8.53. The maximum atomic E-state index is 3.64. The highest BCUT2D eigenvalue weighted by Gasteiger charge is 2.15. The van der Waals surface area contributed by atoms with Gasteiger partial charge in [-0.05, 0) is 38.9 Å². The Labute approximate surface area is 68.5 Å². The first-order chi connectivity index (χ1) is 5.33. The minimum absolute atomic E-state index is 0.802. The lowest BCUT2D eigenvalue weighted by molar-refractivity contribution is 0.217. The van der Waals surface area contributed by atoms with Crippen LogP contribution in [0.25, 0.3) is 0 Å². The molecule has 0 bridgehead atoms. The van der Waals surface area contributed by atoms with Gasteiger partial charge < -0.3 is 10.3 Å². The molecular weight excluding hydrogens is 138 g/mol. The van der Waals surface area contributed by atoms with Crippen LogP contribution in [0.15, 0.2) is 5.10 Å². The van der Waals surface area contributed by atoms with Crippen LogP contribution in [0, 0.1) is 5.92 Å². The van der Waals surface area contributed by atoms with Gasteiger partial charge in [0.2, 0.25) is 0 Å². The van der Waals surface area contributed by atoms with Gasteiger partial charge in [0.15, 0.2) is 0 Å². The number of hydrogen-bond acceptors (Lipinski definition) is 3. The highest BCUT2D eigenvalue weighted by Crippen LogP contribution is 2.14. The summed E-state index contributed by atoms with van der Waals surface area (Å²) in [7, 11) is 2.18. The Morgan fingerprint density at radius 2 is 2.18 bits per heavy atom. The minimum atomic E-state index is 0.802. The molecule has 1 fully saturated rings. The zero-order valence-electron chi connectivity index (χ0n) is 7.21. The van der Waals surface area contributed by atoms with Crippen LogP contribution in [0.2, 0.25) is 0 Å². The van der Waals surface area contributed by atoms with Crippen LogP contribution in [0.4, 0.5) is 0 Å². The Morgan fingerprint density at radius 1 is 1.55 bits per heavy atom. The number of hydrazone groups is 1. The second kappa shape index (κ2) is 4.34. The van der Waals surface area contributed by atoms with Gasteiger partial charge in [-0.2, -0.15) is 5.10 Å². The molecule has 1 N–H and O–H groups in total. The summed E-state index contributed by atoms with van der Waals surface area (Å²) in [4.78, 5) is 2.37. The van der Waals surface area contributed by atoms with Gasteiger partial charge in [0, 0.05) is 13.3 Å². The number of hydrogen-bond donors (Lipinski definition) is 1. The first-order valence-electron chi connectivity index (χ1n) is 4.20. The molecule has 1 aliphatic heterocycles. The van der Waals surface area contributed by atoms with E-state index in [0.717, 1.165) is 12.5 Å². The fourth-order valence-electron chi connectivity index (χ4n) is 1.46. The number of likely N-dealkylation sites (tertiary alicyclic amines) is 1. The Morgan fingerprint density at radius 3 is 2.73 bits per heavy atom. The largest absolute Gasteiger partial charge is 0.310 e. The SMILES string of the molecule is C=NNCC1CCN(C)CC1. The zero-order chi connectivity index (χ0) is 8.10. The lowest BCUT2D eigenvalue weighted by Crippen LogP contribution is -2.33. The molecule has 64 valence electrons. The summed E-state index contributed by atoms with van der Waals surface area (Å²) in [5, 5.41) is 3.64. The monoisotopic (exact) mass is 155 g/mol. The molecule has 0 saturated carbocycles. The van der Waals surface area contributed by atoms with Crippen LogP contribution in [0.5, 0.6) is 0 Å².